The van der Waals surface area contributed by atoms with Crippen LogP contribution in [-0.2, 0) is 4.84 Å². The largest absolute Gasteiger partial charge is 0.295 e. The van der Waals surface area contributed by atoms with Gasteiger partial charge in [0.25, 0.3) is 5.91 Å². The second-order valence-electron chi connectivity index (χ2n) is 3.95. The van der Waals surface area contributed by atoms with Crippen molar-refractivity contribution in [2.75, 3.05) is 14.2 Å². The van der Waals surface area contributed by atoms with Gasteiger partial charge in [0.05, 0.1) is 19.0 Å². The van der Waals surface area contributed by atoms with Gasteiger partial charge in [-0.1, -0.05) is 0 Å². The molecule has 0 bridgehead atoms. The number of rotatable bonds is 3. The van der Waals surface area contributed by atoms with E-state index in [0.29, 0.717) is 5.69 Å². The summed E-state index contributed by atoms with van der Waals surface area (Å²) in [5.41, 5.74) is 1.17. The van der Waals surface area contributed by atoms with Crippen molar-refractivity contribution in [1.82, 2.24) is 14.8 Å². The van der Waals surface area contributed by atoms with Crippen LogP contribution >= 0.6 is 41.1 Å². The van der Waals surface area contributed by atoms with Crippen molar-refractivity contribution < 1.29 is 9.63 Å². The highest BCUT2D eigenvalue weighted by molar-refractivity contribution is 9.11. The van der Waals surface area contributed by atoms with Crippen molar-refractivity contribution in [3.05, 3.63) is 39.0 Å². The van der Waals surface area contributed by atoms with E-state index in [1.807, 2.05) is 12.1 Å². The molecule has 1 amide bonds. The van der Waals surface area contributed by atoms with Gasteiger partial charge in [-0.2, -0.15) is 5.10 Å². The van der Waals surface area contributed by atoms with Crippen molar-refractivity contribution >= 4 is 52.3 Å². The van der Waals surface area contributed by atoms with Gasteiger partial charge in [0.15, 0.2) is 0 Å². The Labute approximate surface area is 135 Å². The minimum Gasteiger partial charge on any atom is -0.274 e. The molecule has 0 saturated heterocycles. The van der Waals surface area contributed by atoms with E-state index in [0.717, 1.165) is 25.0 Å². The van der Waals surface area contributed by atoms with Crippen LogP contribution < -0.4 is 5.30 Å². The van der Waals surface area contributed by atoms with E-state index in [1.165, 1.54) is 7.11 Å². The molecule has 1 aromatic heterocycles. The van der Waals surface area contributed by atoms with Gasteiger partial charge in [0.1, 0.15) is 5.69 Å². The number of benzene rings is 1. The summed E-state index contributed by atoms with van der Waals surface area (Å²) in [4.78, 5) is 17.1. The molecule has 0 aliphatic rings. The van der Waals surface area contributed by atoms with Gasteiger partial charge in [0, 0.05) is 16.0 Å². The van der Waals surface area contributed by atoms with Crippen molar-refractivity contribution in [2.24, 2.45) is 0 Å². The van der Waals surface area contributed by atoms with Gasteiger partial charge in [0.2, 0.25) is 0 Å². The minimum atomic E-state index is -0.279. The molecular weight excluding hydrogens is 409 g/mol. The van der Waals surface area contributed by atoms with Gasteiger partial charge in [-0.05, 0) is 55.4 Å². The van der Waals surface area contributed by atoms with Crippen LogP contribution in [0.1, 0.15) is 10.5 Å². The van der Waals surface area contributed by atoms with E-state index in [9.17, 15) is 4.79 Å². The molecule has 0 fully saturated rings. The summed E-state index contributed by atoms with van der Waals surface area (Å²) in [5.74, 6) is -0.279. The molecule has 0 N–H and O–H groups in total. The van der Waals surface area contributed by atoms with E-state index in [-0.39, 0.29) is 5.91 Å². The lowest BCUT2D eigenvalue weighted by Gasteiger charge is -2.16. The monoisotopic (exact) mass is 419 g/mol. The highest BCUT2D eigenvalue weighted by Gasteiger charge is 2.20. The molecule has 20 heavy (non-hydrogen) atoms. The van der Waals surface area contributed by atoms with Crippen LogP contribution in [0.3, 0.4) is 0 Å². The van der Waals surface area contributed by atoms with Crippen LogP contribution in [-0.4, -0.2) is 34.9 Å². The fourth-order valence-corrected chi connectivity index (χ4v) is 4.05. The molecule has 0 spiro atoms. The summed E-state index contributed by atoms with van der Waals surface area (Å²) < 4.78 is 3.22. The molecule has 5 nitrogen and oxygen atoms in total. The zero-order valence-electron chi connectivity index (χ0n) is 10.8. The summed E-state index contributed by atoms with van der Waals surface area (Å²) in [7, 11) is 5.61. The SMILES string of the molecule is CON(C)C(=O)c1ccnn1-c1c(Br)cc(P)cc1Br. The Morgan fingerprint density at radius 1 is 1.40 bits per heavy atom. The Morgan fingerprint density at radius 2 is 2.00 bits per heavy atom. The standard InChI is InChI=1S/C12H12Br2N3O2P/c1-16(19-2)12(18)10-3-4-15-17(10)11-8(13)5-7(20)6-9(11)14/h3-6H,20H2,1-2H3. The molecule has 2 rings (SSSR count). The maximum atomic E-state index is 12.2. The Balaban J connectivity index is 2.56. The highest BCUT2D eigenvalue weighted by atomic mass is 79.9. The molecule has 1 heterocycles. The zero-order chi connectivity index (χ0) is 14.9. The van der Waals surface area contributed by atoms with Crippen molar-refractivity contribution in [1.29, 1.82) is 0 Å². The third kappa shape index (κ3) is 2.96. The fraction of sp³-hybridized carbons (Fsp3) is 0.167. The van der Waals surface area contributed by atoms with Gasteiger partial charge in [-0.25, -0.2) is 9.75 Å². The Bertz CT molecular complexity index is 637. The molecule has 0 radical (unpaired) electrons. The Kier molecular flexibility index (Phi) is 4.96. The first kappa shape index (κ1) is 15.6. The van der Waals surface area contributed by atoms with Crippen LogP contribution in [0.2, 0.25) is 0 Å². The molecule has 8 heteroatoms. The van der Waals surface area contributed by atoms with E-state index in [2.05, 4.69) is 46.2 Å². The molecular formula is C12H12Br2N3O2P. The predicted molar refractivity (Wildman–Crippen MR) is 87.4 cm³/mol. The summed E-state index contributed by atoms with van der Waals surface area (Å²) in [6.45, 7) is 0. The molecule has 0 saturated carbocycles. The second kappa shape index (κ2) is 6.35. The lowest BCUT2D eigenvalue weighted by atomic mass is 10.3. The number of hydrogen-bond acceptors (Lipinski definition) is 3. The zero-order valence-corrected chi connectivity index (χ0v) is 15.1. The molecule has 1 aromatic carbocycles. The lowest BCUT2D eigenvalue weighted by molar-refractivity contribution is -0.0762. The number of carbonyl (C=O) groups is 1. The van der Waals surface area contributed by atoms with Gasteiger partial charge in [-0.3, -0.25) is 9.63 Å². The Hall–Kier alpha value is -0.750. The first-order valence-electron chi connectivity index (χ1n) is 5.56. The van der Waals surface area contributed by atoms with Crippen molar-refractivity contribution in [3.63, 3.8) is 0 Å². The summed E-state index contributed by atoms with van der Waals surface area (Å²) in [6.07, 6.45) is 1.57. The normalized spacial score (nSPS) is 10.7. The molecule has 0 aliphatic heterocycles. The predicted octanol–water partition coefficient (Wildman–Crippen LogP) is 2.53. The number of hydroxylamine groups is 2. The van der Waals surface area contributed by atoms with E-state index < -0.39 is 0 Å². The first-order valence-corrected chi connectivity index (χ1v) is 7.73. The third-order valence-electron chi connectivity index (χ3n) is 2.67. The highest BCUT2D eigenvalue weighted by Crippen LogP contribution is 2.29. The third-order valence-corrected chi connectivity index (χ3v) is 4.22. The summed E-state index contributed by atoms with van der Waals surface area (Å²) >= 11 is 6.99. The quantitative estimate of drug-likeness (QED) is 0.566. The first-order chi connectivity index (χ1) is 9.45. The van der Waals surface area contributed by atoms with Gasteiger partial charge >= 0.3 is 0 Å². The van der Waals surface area contributed by atoms with Crippen molar-refractivity contribution in [3.8, 4) is 5.69 Å². The number of aromatic nitrogens is 2. The van der Waals surface area contributed by atoms with Crippen LogP contribution in [0, 0.1) is 0 Å². The molecule has 0 aliphatic carbocycles. The maximum absolute atomic E-state index is 12.2. The number of hydrogen-bond donors (Lipinski definition) is 0. The van der Waals surface area contributed by atoms with Gasteiger partial charge < -0.3 is 0 Å². The average molecular weight is 421 g/mol. The lowest BCUT2D eigenvalue weighted by Crippen LogP contribution is -2.27. The topological polar surface area (TPSA) is 47.4 Å². The van der Waals surface area contributed by atoms with Crippen LogP contribution in [0.15, 0.2) is 33.3 Å². The minimum absolute atomic E-state index is 0.279. The van der Waals surface area contributed by atoms with Crippen LogP contribution in [0.4, 0.5) is 0 Å². The smallest absolute Gasteiger partial charge is 0.274 e. The number of nitrogens with zero attached hydrogens (tertiary/aromatic N) is 3. The summed E-state index contributed by atoms with van der Waals surface area (Å²) in [5, 5.41) is 6.39. The van der Waals surface area contributed by atoms with Crippen molar-refractivity contribution in [2.45, 2.75) is 0 Å². The van der Waals surface area contributed by atoms with Gasteiger partial charge in [-0.15, -0.1) is 9.24 Å². The number of carbonyl (C=O) groups excluding carboxylic acids is 1. The maximum Gasteiger partial charge on any atom is 0.295 e. The second-order valence-corrected chi connectivity index (χ2v) is 6.32. The van der Waals surface area contributed by atoms with Crippen LogP contribution in [0.5, 0.6) is 0 Å². The molecule has 106 valence electrons. The van der Waals surface area contributed by atoms with E-state index >= 15 is 0 Å². The Morgan fingerprint density at radius 3 is 2.55 bits per heavy atom. The fourth-order valence-electron chi connectivity index (χ4n) is 1.68. The molecule has 1 atom stereocenters. The average Bonchev–Trinajstić information content (AvgIpc) is 2.84. The molecule has 2 aromatic rings. The summed E-state index contributed by atoms with van der Waals surface area (Å²) in [6, 6.07) is 5.51. The number of amides is 1. The number of halogens is 2. The van der Waals surface area contributed by atoms with Crippen LogP contribution in [0.25, 0.3) is 5.69 Å². The van der Waals surface area contributed by atoms with E-state index in [1.54, 1.807) is 24.0 Å². The molecule has 1 unspecified atom stereocenters. The van der Waals surface area contributed by atoms with E-state index in [4.69, 9.17) is 4.84 Å².